The van der Waals surface area contributed by atoms with Crippen LogP contribution >= 0.6 is 0 Å². The van der Waals surface area contributed by atoms with Crippen molar-refractivity contribution in [3.8, 4) is 0 Å². The van der Waals surface area contributed by atoms with Crippen molar-refractivity contribution >= 4 is 17.8 Å². The van der Waals surface area contributed by atoms with Crippen molar-refractivity contribution in [3.63, 3.8) is 0 Å². The monoisotopic (exact) mass is 295 g/mol. The highest BCUT2D eigenvalue weighted by Crippen LogP contribution is 2.05. The van der Waals surface area contributed by atoms with Gasteiger partial charge in [-0.3, -0.25) is 4.79 Å². The lowest BCUT2D eigenvalue weighted by molar-refractivity contribution is -0.146. The normalized spacial score (nSPS) is 9.67. The van der Waals surface area contributed by atoms with Crippen LogP contribution in [0, 0.1) is 6.92 Å². The van der Waals surface area contributed by atoms with Crippen molar-refractivity contribution in [3.05, 3.63) is 34.0 Å². The number of rotatable bonds is 6. The lowest BCUT2D eigenvalue weighted by atomic mass is 10.3. The number of nitrogens with one attached hydrogen (secondary N) is 2. The average molecular weight is 295 g/mol. The second kappa shape index (κ2) is 7.83. The Balaban J connectivity index is 2.99. The number of carbonyl (C=O) groups excluding carboxylic acids is 2. The Morgan fingerprint density at radius 3 is 2.33 bits per heavy atom. The van der Waals surface area contributed by atoms with Crippen LogP contribution in [-0.4, -0.2) is 35.1 Å². The Hall–Kier alpha value is -2.64. The van der Waals surface area contributed by atoms with Crippen LogP contribution < -0.4 is 10.9 Å². The number of aromatic amines is 1. The summed E-state index contributed by atoms with van der Waals surface area (Å²) in [4.78, 5) is 41.2. The van der Waals surface area contributed by atoms with Gasteiger partial charge in [-0.15, -0.1) is 0 Å². The molecular weight excluding hydrogens is 278 g/mol. The van der Waals surface area contributed by atoms with Gasteiger partial charge in [0.2, 0.25) is 0 Å². The van der Waals surface area contributed by atoms with Crippen LogP contribution in [0.5, 0.6) is 0 Å². The smallest absolute Gasteiger partial charge is 0.347 e. The van der Waals surface area contributed by atoms with Gasteiger partial charge in [-0.1, -0.05) is 0 Å². The van der Waals surface area contributed by atoms with Gasteiger partial charge in [0.15, 0.2) is 5.57 Å². The minimum Gasteiger partial charge on any atom is -0.462 e. The van der Waals surface area contributed by atoms with Crippen molar-refractivity contribution in [2.75, 3.05) is 18.5 Å². The molecule has 0 radical (unpaired) electrons. The Morgan fingerprint density at radius 2 is 1.86 bits per heavy atom. The molecule has 0 aliphatic heterocycles. The predicted molar refractivity (Wildman–Crippen MR) is 74.6 cm³/mol. The van der Waals surface area contributed by atoms with Gasteiger partial charge in [-0.25, -0.2) is 14.6 Å². The molecular formula is C13H17N3O5. The van der Waals surface area contributed by atoms with E-state index in [0.717, 1.165) is 6.20 Å². The summed E-state index contributed by atoms with van der Waals surface area (Å²) in [6.45, 7) is 5.09. The van der Waals surface area contributed by atoms with Gasteiger partial charge in [-0.05, 0) is 20.8 Å². The van der Waals surface area contributed by atoms with E-state index in [1.165, 1.54) is 6.07 Å². The molecule has 21 heavy (non-hydrogen) atoms. The quantitative estimate of drug-likeness (QED) is 0.340. The van der Waals surface area contributed by atoms with Crippen LogP contribution in [0.15, 0.2) is 22.6 Å². The number of H-pyrrole nitrogens is 1. The molecule has 0 fully saturated rings. The standard InChI is InChI=1S/C13H17N3O5/c1-4-20-12(18)9(13(19)21-5-2)7-14-10-6-11(17)16-8(3)15-10/h6-7H,4-5H2,1-3H3,(H2,14,15,16,17). The number of aryl methyl sites for hydroxylation is 1. The van der Waals surface area contributed by atoms with Crippen LogP contribution in [0.3, 0.4) is 0 Å². The van der Waals surface area contributed by atoms with E-state index in [0.29, 0.717) is 5.82 Å². The van der Waals surface area contributed by atoms with E-state index in [1.807, 2.05) is 0 Å². The zero-order valence-electron chi connectivity index (χ0n) is 12.1. The van der Waals surface area contributed by atoms with Crippen molar-refractivity contribution in [2.24, 2.45) is 0 Å². The van der Waals surface area contributed by atoms with E-state index in [4.69, 9.17) is 9.47 Å². The summed E-state index contributed by atoms with van der Waals surface area (Å²) in [7, 11) is 0. The van der Waals surface area contributed by atoms with Gasteiger partial charge in [0.1, 0.15) is 11.6 Å². The van der Waals surface area contributed by atoms with Gasteiger partial charge in [0, 0.05) is 12.3 Å². The molecule has 2 N–H and O–H groups in total. The summed E-state index contributed by atoms with van der Waals surface area (Å²) in [6.07, 6.45) is 1.11. The second-order valence-electron chi connectivity index (χ2n) is 3.86. The zero-order chi connectivity index (χ0) is 15.8. The molecule has 0 unspecified atom stereocenters. The number of ether oxygens (including phenoxy) is 2. The molecule has 0 bridgehead atoms. The number of esters is 2. The first-order chi connectivity index (χ1) is 9.97. The van der Waals surface area contributed by atoms with Gasteiger partial charge in [0.25, 0.3) is 5.56 Å². The van der Waals surface area contributed by atoms with Crippen LogP contribution in [0.2, 0.25) is 0 Å². The number of nitrogens with zero attached hydrogens (tertiary/aromatic N) is 1. The van der Waals surface area contributed by atoms with Crippen molar-refractivity contribution in [1.29, 1.82) is 0 Å². The summed E-state index contributed by atoms with van der Waals surface area (Å²) in [6, 6.07) is 1.19. The fraction of sp³-hybridized carbons (Fsp3) is 0.385. The van der Waals surface area contributed by atoms with Crippen molar-refractivity contribution < 1.29 is 19.1 Å². The summed E-state index contributed by atoms with van der Waals surface area (Å²) in [5.41, 5.74) is -0.661. The van der Waals surface area contributed by atoms with E-state index in [9.17, 15) is 14.4 Å². The van der Waals surface area contributed by atoms with Gasteiger partial charge in [-0.2, -0.15) is 0 Å². The highest BCUT2D eigenvalue weighted by atomic mass is 16.6. The molecule has 0 spiro atoms. The molecule has 0 aliphatic carbocycles. The van der Waals surface area contributed by atoms with Gasteiger partial charge in [0.05, 0.1) is 13.2 Å². The lowest BCUT2D eigenvalue weighted by Crippen LogP contribution is -2.20. The first kappa shape index (κ1) is 16.4. The van der Waals surface area contributed by atoms with E-state index in [2.05, 4.69) is 15.3 Å². The number of aromatic nitrogens is 2. The number of carbonyl (C=O) groups is 2. The topological polar surface area (TPSA) is 110 Å². The molecule has 0 saturated heterocycles. The summed E-state index contributed by atoms with van der Waals surface area (Å²) < 4.78 is 9.54. The molecule has 0 amide bonds. The zero-order valence-corrected chi connectivity index (χ0v) is 12.1. The predicted octanol–water partition coefficient (Wildman–Crippen LogP) is 0.500. The Morgan fingerprint density at radius 1 is 1.29 bits per heavy atom. The third-order valence-electron chi connectivity index (χ3n) is 2.22. The summed E-state index contributed by atoms with van der Waals surface area (Å²) in [5, 5.41) is 2.61. The first-order valence-corrected chi connectivity index (χ1v) is 6.36. The van der Waals surface area contributed by atoms with E-state index in [1.54, 1.807) is 20.8 Å². The largest absolute Gasteiger partial charge is 0.462 e. The second-order valence-corrected chi connectivity index (χ2v) is 3.86. The third kappa shape index (κ3) is 5.09. The van der Waals surface area contributed by atoms with Crippen molar-refractivity contribution in [2.45, 2.75) is 20.8 Å². The van der Waals surface area contributed by atoms with Gasteiger partial charge >= 0.3 is 11.9 Å². The summed E-state index contributed by atoms with van der Waals surface area (Å²) >= 11 is 0. The van der Waals surface area contributed by atoms with Crippen LogP contribution in [0.1, 0.15) is 19.7 Å². The van der Waals surface area contributed by atoms with Crippen molar-refractivity contribution in [1.82, 2.24) is 9.97 Å². The number of hydrogen-bond acceptors (Lipinski definition) is 7. The molecule has 0 aliphatic rings. The molecule has 1 rings (SSSR count). The van der Waals surface area contributed by atoms with Crippen LogP contribution in [0.25, 0.3) is 0 Å². The van der Waals surface area contributed by atoms with E-state index >= 15 is 0 Å². The molecule has 1 aromatic rings. The highest BCUT2D eigenvalue weighted by Gasteiger charge is 2.20. The fourth-order valence-corrected chi connectivity index (χ4v) is 1.42. The fourth-order valence-electron chi connectivity index (χ4n) is 1.42. The Bertz CT molecular complexity index is 586. The maximum Gasteiger partial charge on any atom is 0.347 e. The summed E-state index contributed by atoms with van der Waals surface area (Å²) in [5.74, 6) is -1.04. The SMILES string of the molecule is CCOC(=O)C(=CNc1cc(=O)[nH]c(C)n1)C(=O)OCC. The minimum absolute atomic E-state index is 0.123. The van der Waals surface area contributed by atoms with Crippen LogP contribution in [0.4, 0.5) is 5.82 Å². The Kier molecular flexibility index (Phi) is 6.12. The first-order valence-electron chi connectivity index (χ1n) is 6.36. The minimum atomic E-state index is -0.815. The number of hydrogen-bond donors (Lipinski definition) is 2. The molecule has 0 saturated carbocycles. The molecule has 0 aromatic carbocycles. The Labute approximate surface area is 121 Å². The molecule has 8 heteroatoms. The number of anilines is 1. The molecule has 8 nitrogen and oxygen atoms in total. The maximum absolute atomic E-state index is 11.7. The van der Waals surface area contributed by atoms with Crippen LogP contribution in [-0.2, 0) is 19.1 Å². The van der Waals surface area contributed by atoms with E-state index in [-0.39, 0.29) is 30.2 Å². The lowest BCUT2D eigenvalue weighted by Gasteiger charge is -2.07. The van der Waals surface area contributed by atoms with E-state index < -0.39 is 11.9 Å². The highest BCUT2D eigenvalue weighted by molar-refractivity contribution is 6.14. The molecule has 0 atom stereocenters. The van der Waals surface area contributed by atoms with Gasteiger partial charge < -0.3 is 19.8 Å². The molecule has 1 aromatic heterocycles. The third-order valence-corrected chi connectivity index (χ3v) is 2.22. The average Bonchev–Trinajstić information content (AvgIpc) is 2.38. The maximum atomic E-state index is 11.7. The molecule has 114 valence electrons. The molecule has 1 heterocycles.